The lowest BCUT2D eigenvalue weighted by Crippen LogP contribution is -1.89. The van der Waals surface area contributed by atoms with Crippen molar-refractivity contribution >= 4 is 44.8 Å². The van der Waals surface area contributed by atoms with Crippen LogP contribution >= 0.6 is 23.5 Å². The van der Waals surface area contributed by atoms with E-state index in [-0.39, 0.29) is 10.8 Å². The van der Waals surface area contributed by atoms with Crippen molar-refractivity contribution < 1.29 is 9.72 Å². The molecule has 2 aromatic carbocycles. The van der Waals surface area contributed by atoms with Gasteiger partial charge in [0.05, 0.1) is 4.92 Å². The number of non-ortho nitro benzene ring substituents is 1. The fourth-order valence-electron chi connectivity index (χ4n) is 2.02. The molecule has 1 aliphatic heterocycles. The first-order valence-corrected chi connectivity index (χ1v) is 8.86. The summed E-state index contributed by atoms with van der Waals surface area (Å²) in [5, 5.41) is 10.5. The smallest absolute Gasteiger partial charge is 0.269 e. The Hall–Kier alpha value is -2.38. The fourth-order valence-corrected chi connectivity index (χ4v) is 3.82. The van der Waals surface area contributed by atoms with Crippen LogP contribution in [-0.2, 0) is 10.5 Å². The second-order valence-corrected chi connectivity index (χ2v) is 7.10. The Kier molecular flexibility index (Phi) is 5.12. The summed E-state index contributed by atoms with van der Waals surface area (Å²) in [6.07, 6.45) is 1.65. The van der Waals surface area contributed by atoms with Crippen LogP contribution < -0.4 is 0 Å². The highest BCUT2D eigenvalue weighted by Gasteiger charge is 2.22. The van der Waals surface area contributed by atoms with Gasteiger partial charge in [-0.2, -0.15) is 0 Å². The van der Waals surface area contributed by atoms with Gasteiger partial charge < -0.3 is 0 Å². The van der Waals surface area contributed by atoms with Crippen LogP contribution in [0.15, 0.2) is 65.3 Å². The summed E-state index contributed by atoms with van der Waals surface area (Å²) in [4.78, 5) is 26.6. The van der Waals surface area contributed by atoms with E-state index in [0.29, 0.717) is 11.3 Å². The van der Waals surface area contributed by atoms with Crippen LogP contribution in [0.5, 0.6) is 0 Å². The molecule has 0 saturated carbocycles. The van der Waals surface area contributed by atoms with Gasteiger partial charge in [0, 0.05) is 17.9 Å². The molecule has 2 aromatic rings. The molecule has 3 rings (SSSR count). The zero-order valence-electron chi connectivity index (χ0n) is 12.4. The van der Waals surface area contributed by atoms with E-state index in [4.69, 9.17) is 0 Å². The van der Waals surface area contributed by atoms with E-state index in [1.165, 1.54) is 29.5 Å². The van der Waals surface area contributed by atoms with Gasteiger partial charge in [-0.3, -0.25) is 14.9 Å². The van der Waals surface area contributed by atoms with Crippen molar-refractivity contribution in [1.29, 1.82) is 0 Å². The third-order valence-electron chi connectivity index (χ3n) is 3.21. The maximum absolute atomic E-state index is 12.0. The monoisotopic (exact) mass is 356 g/mol. The SMILES string of the molecule is O=C1SC(SCc2ccccc2)=NC1=Cc1ccc([N+](=O)[O-])cc1. The molecule has 1 aliphatic rings. The van der Waals surface area contributed by atoms with Crippen LogP contribution in [0.2, 0.25) is 0 Å². The zero-order chi connectivity index (χ0) is 16.9. The summed E-state index contributed by atoms with van der Waals surface area (Å²) in [6, 6.07) is 16.0. The zero-order valence-corrected chi connectivity index (χ0v) is 14.0. The highest BCUT2D eigenvalue weighted by atomic mass is 32.2. The predicted molar refractivity (Wildman–Crippen MR) is 98.8 cm³/mol. The Morgan fingerprint density at radius 2 is 1.83 bits per heavy atom. The number of nitrogens with zero attached hydrogens (tertiary/aromatic N) is 2. The summed E-state index contributed by atoms with van der Waals surface area (Å²) >= 11 is 2.64. The number of rotatable bonds is 4. The van der Waals surface area contributed by atoms with E-state index >= 15 is 0 Å². The third kappa shape index (κ3) is 4.12. The molecule has 120 valence electrons. The van der Waals surface area contributed by atoms with Gasteiger partial charge in [-0.1, -0.05) is 42.1 Å². The minimum Gasteiger partial charge on any atom is -0.279 e. The summed E-state index contributed by atoms with van der Waals surface area (Å²) in [7, 11) is 0. The van der Waals surface area contributed by atoms with Crippen molar-refractivity contribution in [2.24, 2.45) is 4.99 Å². The van der Waals surface area contributed by atoms with Crippen LogP contribution in [0.3, 0.4) is 0 Å². The molecule has 0 fully saturated rings. The topological polar surface area (TPSA) is 72.6 Å². The van der Waals surface area contributed by atoms with Gasteiger partial charge in [0.15, 0.2) is 0 Å². The summed E-state index contributed by atoms with van der Waals surface area (Å²) < 4.78 is 0.719. The Bertz CT molecular complexity index is 831. The first-order valence-electron chi connectivity index (χ1n) is 7.05. The van der Waals surface area contributed by atoms with Crippen molar-refractivity contribution in [3.05, 3.63) is 81.5 Å². The fraction of sp³-hybridized carbons (Fsp3) is 0.0588. The largest absolute Gasteiger partial charge is 0.279 e. The van der Waals surface area contributed by atoms with E-state index in [9.17, 15) is 14.9 Å². The van der Waals surface area contributed by atoms with Crippen molar-refractivity contribution in [2.45, 2.75) is 5.75 Å². The van der Waals surface area contributed by atoms with Crippen molar-refractivity contribution in [3.8, 4) is 0 Å². The van der Waals surface area contributed by atoms with E-state index in [1.807, 2.05) is 30.3 Å². The van der Waals surface area contributed by atoms with Crippen molar-refractivity contribution in [1.82, 2.24) is 0 Å². The Balaban J connectivity index is 1.70. The number of hydrogen-bond acceptors (Lipinski definition) is 6. The molecule has 5 nitrogen and oxygen atoms in total. The minimum absolute atomic E-state index is 0.0203. The lowest BCUT2D eigenvalue weighted by Gasteiger charge is -1.98. The van der Waals surface area contributed by atoms with Gasteiger partial charge in [0.25, 0.3) is 5.69 Å². The molecule has 1 heterocycles. The molecule has 0 saturated heterocycles. The number of benzene rings is 2. The van der Waals surface area contributed by atoms with Crippen LogP contribution in [0.25, 0.3) is 6.08 Å². The number of thioether (sulfide) groups is 2. The molecule has 0 unspecified atom stereocenters. The number of carbonyl (C=O) groups excluding carboxylic acids is 1. The van der Waals surface area contributed by atoms with E-state index in [1.54, 1.807) is 18.2 Å². The molecule has 0 bridgehead atoms. The standard InChI is InChI=1S/C17H12N2O3S2/c20-16-15(10-12-6-8-14(9-7-12)19(21)22)18-17(24-16)23-11-13-4-2-1-3-5-13/h1-10H,11H2. The predicted octanol–water partition coefficient (Wildman–Crippen LogP) is 4.50. The molecule has 0 radical (unpaired) electrons. The van der Waals surface area contributed by atoms with Crippen LogP contribution in [0.4, 0.5) is 5.69 Å². The Morgan fingerprint density at radius 3 is 2.50 bits per heavy atom. The molecule has 0 N–H and O–H groups in total. The second-order valence-electron chi connectivity index (χ2n) is 4.92. The van der Waals surface area contributed by atoms with E-state index < -0.39 is 4.92 Å². The van der Waals surface area contributed by atoms with Gasteiger partial charge in [0.2, 0.25) is 5.12 Å². The molecule has 0 atom stereocenters. The summed E-state index contributed by atoms with van der Waals surface area (Å²) in [5.74, 6) is 0.755. The second kappa shape index (κ2) is 7.46. The highest BCUT2D eigenvalue weighted by molar-refractivity contribution is 8.45. The van der Waals surface area contributed by atoms with Crippen molar-refractivity contribution in [2.75, 3.05) is 0 Å². The number of aliphatic imine (C=N–C) groups is 1. The molecule has 24 heavy (non-hydrogen) atoms. The molecule has 0 amide bonds. The highest BCUT2D eigenvalue weighted by Crippen LogP contribution is 2.32. The molecular formula is C17H12N2O3S2. The Labute approximate surface area is 147 Å². The lowest BCUT2D eigenvalue weighted by atomic mass is 10.2. The summed E-state index contributed by atoms with van der Waals surface area (Å²) in [5.41, 5.74) is 2.27. The number of hydrogen-bond donors (Lipinski definition) is 0. The van der Waals surface area contributed by atoms with E-state index in [0.717, 1.165) is 21.9 Å². The first-order chi connectivity index (χ1) is 11.6. The van der Waals surface area contributed by atoms with E-state index in [2.05, 4.69) is 4.99 Å². The summed E-state index contributed by atoms with van der Waals surface area (Å²) in [6.45, 7) is 0. The van der Waals surface area contributed by atoms with Crippen LogP contribution in [-0.4, -0.2) is 14.4 Å². The van der Waals surface area contributed by atoms with Crippen LogP contribution in [0, 0.1) is 10.1 Å². The van der Waals surface area contributed by atoms with Gasteiger partial charge in [-0.15, -0.1) is 0 Å². The van der Waals surface area contributed by atoms with Gasteiger partial charge in [-0.25, -0.2) is 4.99 Å². The maximum Gasteiger partial charge on any atom is 0.269 e. The third-order valence-corrected chi connectivity index (χ3v) is 5.29. The van der Waals surface area contributed by atoms with Crippen molar-refractivity contribution in [3.63, 3.8) is 0 Å². The molecular weight excluding hydrogens is 344 g/mol. The molecule has 0 aromatic heterocycles. The van der Waals surface area contributed by atoms with Gasteiger partial charge in [-0.05, 0) is 41.1 Å². The van der Waals surface area contributed by atoms with Gasteiger partial charge >= 0.3 is 0 Å². The molecule has 0 spiro atoms. The van der Waals surface area contributed by atoms with Gasteiger partial charge in [0.1, 0.15) is 10.1 Å². The number of carbonyl (C=O) groups is 1. The molecule has 0 aliphatic carbocycles. The Morgan fingerprint density at radius 1 is 1.12 bits per heavy atom. The first kappa shape index (κ1) is 16.5. The van der Waals surface area contributed by atoms with Crippen LogP contribution in [0.1, 0.15) is 11.1 Å². The normalized spacial score (nSPS) is 15.6. The molecule has 7 heteroatoms. The average molecular weight is 356 g/mol. The number of nitro benzene ring substituents is 1. The maximum atomic E-state index is 12.0. The number of nitro groups is 1. The quantitative estimate of drug-likeness (QED) is 0.458. The lowest BCUT2D eigenvalue weighted by molar-refractivity contribution is -0.384. The average Bonchev–Trinajstić information content (AvgIpc) is 2.94. The minimum atomic E-state index is -0.454.